The third kappa shape index (κ3) is 8.15. The van der Waals surface area contributed by atoms with Crippen LogP contribution in [0.25, 0.3) is 0 Å². The summed E-state index contributed by atoms with van der Waals surface area (Å²) in [5, 5.41) is 3.60. The maximum Gasteiger partial charge on any atom is 0.261 e. The number of hydrogen-bond acceptors (Lipinski definition) is 3. The first kappa shape index (κ1) is 26.3. The molecule has 0 aromatic heterocycles. The van der Waals surface area contributed by atoms with Gasteiger partial charge in [-0.15, -0.1) is 0 Å². The Morgan fingerprint density at radius 3 is 2.34 bits per heavy atom. The fourth-order valence-corrected chi connectivity index (χ4v) is 3.85. The Kier molecular flexibility index (Phi) is 9.74. The van der Waals surface area contributed by atoms with Gasteiger partial charge in [-0.1, -0.05) is 84.8 Å². The van der Waals surface area contributed by atoms with Crippen molar-refractivity contribution in [3.8, 4) is 5.75 Å². The minimum Gasteiger partial charge on any atom is -0.484 e. The molecule has 0 fully saturated rings. The Balaban J connectivity index is 1.90. The van der Waals surface area contributed by atoms with Crippen LogP contribution in [0.2, 0.25) is 5.02 Å². The van der Waals surface area contributed by atoms with E-state index in [1.807, 2.05) is 75.4 Å². The molecule has 0 spiro atoms. The molecule has 0 aliphatic heterocycles. The van der Waals surface area contributed by atoms with E-state index in [1.54, 1.807) is 29.2 Å². The van der Waals surface area contributed by atoms with Crippen LogP contribution < -0.4 is 10.1 Å². The van der Waals surface area contributed by atoms with Crippen LogP contribution in [-0.2, 0) is 22.6 Å². The van der Waals surface area contributed by atoms with Crippen molar-refractivity contribution >= 4 is 23.4 Å². The predicted octanol–water partition coefficient (Wildman–Crippen LogP) is 5.58. The summed E-state index contributed by atoms with van der Waals surface area (Å²) >= 11 is 6.06. The highest BCUT2D eigenvalue weighted by Crippen LogP contribution is 2.19. The lowest BCUT2D eigenvalue weighted by atomic mass is 10.0. The minimum atomic E-state index is -0.692. The third-order valence-electron chi connectivity index (χ3n) is 5.90. The average molecular weight is 493 g/mol. The van der Waals surface area contributed by atoms with E-state index in [4.69, 9.17) is 16.3 Å². The van der Waals surface area contributed by atoms with Crippen LogP contribution in [-0.4, -0.2) is 35.4 Å². The molecule has 0 saturated carbocycles. The lowest BCUT2D eigenvalue weighted by molar-refractivity contribution is -0.143. The number of carbonyl (C=O) groups excluding carboxylic acids is 2. The van der Waals surface area contributed by atoms with Gasteiger partial charge in [0.15, 0.2) is 6.61 Å². The molecule has 184 valence electrons. The Morgan fingerprint density at radius 1 is 0.971 bits per heavy atom. The van der Waals surface area contributed by atoms with Gasteiger partial charge in [-0.05, 0) is 49.6 Å². The molecule has 3 aromatic rings. The predicted molar refractivity (Wildman–Crippen MR) is 141 cm³/mol. The van der Waals surface area contributed by atoms with E-state index in [0.29, 0.717) is 23.7 Å². The Labute approximate surface area is 213 Å². The van der Waals surface area contributed by atoms with Crippen molar-refractivity contribution < 1.29 is 14.3 Å². The standard InChI is InChI=1S/C29H33ClN2O3/c1-4-22(3)31-29(34)27(17-23-9-6-5-7-10-23)32(19-24-15-13-21(2)14-16-24)28(33)20-35-26-12-8-11-25(30)18-26/h5-16,18,22,27H,4,17,19-20H2,1-3H3,(H,31,34)/t22-,27+/m1/s1. The van der Waals surface area contributed by atoms with Crippen LogP contribution in [0, 0.1) is 6.92 Å². The number of nitrogens with one attached hydrogen (secondary N) is 1. The zero-order valence-electron chi connectivity index (χ0n) is 20.5. The van der Waals surface area contributed by atoms with Gasteiger partial charge in [0.05, 0.1) is 0 Å². The van der Waals surface area contributed by atoms with Crippen LogP contribution in [0.1, 0.15) is 37.0 Å². The number of carbonyl (C=O) groups is 2. The van der Waals surface area contributed by atoms with Crippen molar-refractivity contribution in [2.75, 3.05) is 6.61 Å². The average Bonchev–Trinajstić information content (AvgIpc) is 2.86. The molecule has 0 aliphatic rings. The SMILES string of the molecule is CC[C@@H](C)NC(=O)[C@H](Cc1ccccc1)N(Cc1ccc(C)cc1)C(=O)COc1cccc(Cl)c1. The van der Waals surface area contributed by atoms with Gasteiger partial charge in [-0.3, -0.25) is 9.59 Å². The smallest absolute Gasteiger partial charge is 0.261 e. The molecule has 2 amide bonds. The van der Waals surface area contributed by atoms with Crippen LogP contribution in [0.5, 0.6) is 5.75 Å². The van der Waals surface area contributed by atoms with Gasteiger partial charge >= 0.3 is 0 Å². The number of rotatable bonds is 11. The second kappa shape index (κ2) is 13.0. The van der Waals surface area contributed by atoms with E-state index in [1.165, 1.54) is 0 Å². The van der Waals surface area contributed by atoms with E-state index in [-0.39, 0.29) is 24.5 Å². The molecule has 5 nitrogen and oxygen atoms in total. The molecule has 3 aromatic carbocycles. The summed E-state index contributed by atoms with van der Waals surface area (Å²) < 4.78 is 5.76. The van der Waals surface area contributed by atoms with Crippen molar-refractivity contribution in [1.82, 2.24) is 10.2 Å². The fraction of sp³-hybridized carbons (Fsp3) is 0.310. The molecule has 0 bridgehead atoms. The van der Waals surface area contributed by atoms with Crippen molar-refractivity contribution in [3.63, 3.8) is 0 Å². The number of halogens is 1. The van der Waals surface area contributed by atoms with Gasteiger partial charge in [0.25, 0.3) is 5.91 Å². The van der Waals surface area contributed by atoms with Gasteiger partial charge in [0.2, 0.25) is 5.91 Å². The van der Waals surface area contributed by atoms with Gasteiger partial charge in [0.1, 0.15) is 11.8 Å². The van der Waals surface area contributed by atoms with Crippen molar-refractivity contribution in [3.05, 3.63) is 101 Å². The lowest BCUT2D eigenvalue weighted by Crippen LogP contribution is -2.53. The first-order chi connectivity index (χ1) is 16.9. The van der Waals surface area contributed by atoms with Gasteiger partial charge in [-0.25, -0.2) is 0 Å². The minimum absolute atomic E-state index is 0.000175. The van der Waals surface area contributed by atoms with Gasteiger partial charge < -0.3 is 15.0 Å². The first-order valence-electron chi connectivity index (χ1n) is 11.9. The topological polar surface area (TPSA) is 58.6 Å². The second-order valence-corrected chi connectivity index (χ2v) is 9.21. The molecule has 0 radical (unpaired) electrons. The molecule has 0 aliphatic carbocycles. The van der Waals surface area contributed by atoms with Crippen molar-refractivity contribution in [1.29, 1.82) is 0 Å². The highest BCUT2D eigenvalue weighted by Gasteiger charge is 2.31. The molecule has 3 rings (SSSR count). The van der Waals surface area contributed by atoms with Crippen LogP contribution >= 0.6 is 11.6 Å². The zero-order chi connectivity index (χ0) is 25.2. The van der Waals surface area contributed by atoms with E-state index >= 15 is 0 Å². The maximum atomic E-state index is 13.6. The molecule has 35 heavy (non-hydrogen) atoms. The number of ether oxygens (including phenoxy) is 1. The van der Waals surface area contributed by atoms with E-state index < -0.39 is 6.04 Å². The van der Waals surface area contributed by atoms with E-state index in [9.17, 15) is 9.59 Å². The van der Waals surface area contributed by atoms with Gasteiger partial charge in [-0.2, -0.15) is 0 Å². The number of nitrogens with zero attached hydrogens (tertiary/aromatic N) is 1. The van der Waals surface area contributed by atoms with E-state index in [2.05, 4.69) is 5.32 Å². The maximum absolute atomic E-state index is 13.6. The fourth-order valence-electron chi connectivity index (χ4n) is 3.67. The van der Waals surface area contributed by atoms with Crippen LogP contribution in [0.3, 0.4) is 0 Å². The molecule has 0 saturated heterocycles. The summed E-state index contributed by atoms with van der Waals surface area (Å²) in [6.45, 7) is 6.10. The summed E-state index contributed by atoms with van der Waals surface area (Å²) in [7, 11) is 0. The molecule has 1 N–H and O–H groups in total. The number of aryl methyl sites for hydroxylation is 1. The lowest BCUT2D eigenvalue weighted by Gasteiger charge is -2.32. The Bertz CT molecular complexity index is 1100. The Hall–Kier alpha value is -3.31. The molecular weight excluding hydrogens is 460 g/mol. The monoisotopic (exact) mass is 492 g/mol. The highest BCUT2D eigenvalue weighted by molar-refractivity contribution is 6.30. The second-order valence-electron chi connectivity index (χ2n) is 8.78. The molecule has 0 heterocycles. The Morgan fingerprint density at radius 2 is 1.69 bits per heavy atom. The zero-order valence-corrected chi connectivity index (χ0v) is 21.3. The highest BCUT2D eigenvalue weighted by atomic mass is 35.5. The summed E-state index contributed by atoms with van der Waals surface area (Å²) in [5.41, 5.74) is 3.06. The van der Waals surface area contributed by atoms with E-state index in [0.717, 1.165) is 23.1 Å². The largest absolute Gasteiger partial charge is 0.484 e. The summed E-state index contributed by atoms with van der Waals surface area (Å²) in [4.78, 5) is 28.6. The summed E-state index contributed by atoms with van der Waals surface area (Å²) in [5.74, 6) is 0.0574. The molecular formula is C29H33ClN2O3. The van der Waals surface area contributed by atoms with Crippen LogP contribution in [0.15, 0.2) is 78.9 Å². The first-order valence-corrected chi connectivity index (χ1v) is 12.3. The number of amides is 2. The summed E-state index contributed by atoms with van der Waals surface area (Å²) in [6, 6.07) is 24.0. The number of benzene rings is 3. The molecule has 6 heteroatoms. The normalized spacial score (nSPS) is 12.5. The van der Waals surface area contributed by atoms with Crippen molar-refractivity contribution in [2.45, 2.75) is 52.2 Å². The van der Waals surface area contributed by atoms with Crippen molar-refractivity contribution in [2.24, 2.45) is 0 Å². The van der Waals surface area contributed by atoms with Gasteiger partial charge in [0, 0.05) is 24.0 Å². The molecule has 2 atom stereocenters. The van der Waals surface area contributed by atoms with Crippen LogP contribution in [0.4, 0.5) is 0 Å². The summed E-state index contributed by atoms with van der Waals surface area (Å²) in [6.07, 6.45) is 1.20. The molecule has 0 unspecified atom stereocenters. The third-order valence-corrected chi connectivity index (χ3v) is 6.14. The quantitative estimate of drug-likeness (QED) is 0.380. The number of hydrogen-bond donors (Lipinski definition) is 1.